The summed E-state index contributed by atoms with van der Waals surface area (Å²) in [6, 6.07) is 15.9. The van der Waals surface area contributed by atoms with Crippen LogP contribution in [0.5, 0.6) is 0 Å². The van der Waals surface area contributed by atoms with Crippen molar-refractivity contribution in [3.05, 3.63) is 76.7 Å². The molecule has 0 unspecified atom stereocenters. The number of hydrogen-bond acceptors (Lipinski definition) is 6. The Balaban J connectivity index is 1.81. The molecule has 0 aliphatic heterocycles. The van der Waals surface area contributed by atoms with Crippen molar-refractivity contribution in [1.29, 1.82) is 0 Å². The number of carbonyl (C=O) groups excluding carboxylic acids is 2. The molecule has 8 heteroatoms. The normalized spacial score (nSPS) is 10.3. The molecule has 0 fully saturated rings. The monoisotopic (exact) mass is 378 g/mol. The number of rotatable bonds is 6. The van der Waals surface area contributed by atoms with Crippen molar-refractivity contribution in [2.24, 2.45) is 0 Å². The first kappa shape index (κ1) is 18.8. The van der Waals surface area contributed by atoms with Crippen LogP contribution >= 0.6 is 0 Å². The van der Waals surface area contributed by atoms with Crippen molar-refractivity contribution < 1.29 is 14.3 Å². The van der Waals surface area contributed by atoms with Crippen LogP contribution in [0, 0.1) is 0 Å². The number of nitrogen functional groups attached to an aromatic ring is 1. The number of carbonyl (C=O) groups is 2. The minimum absolute atomic E-state index is 0.0617. The van der Waals surface area contributed by atoms with E-state index in [1.807, 2.05) is 30.3 Å². The summed E-state index contributed by atoms with van der Waals surface area (Å²) < 4.78 is 6.28. The van der Waals surface area contributed by atoms with E-state index in [9.17, 15) is 14.4 Å². The Hall–Kier alpha value is -3.94. The molecule has 1 aromatic heterocycles. The van der Waals surface area contributed by atoms with Crippen LogP contribution in [0.3, 0.4) is 0 Å². The Morgan fingerprint density at radius 3 is 2.54 bits per heavy atom. The van der Waals surface area contributed by atoms with E-state index in [1.165, 1.54) is 10.8 Å². The summed E-state index contributed by atoms with van der Waals surface area (Å²) in [4.78, 5) is 40.0. The second kappa shape index (κ2) is 8.63. The number of amides is 1. The van der Waals surface area contributed by atoms with Gasteiger partial charge >= 0.3 is 6.09 Å². The highest BCUT2D eigenvalue weighted by atomic mass is 16.5. The first-order chi connectivity index (χ1) is 13.6. The zero-order valence-corrected chi connectivity index (χ0v) is 14.9. The molecule has 0 saturated carbocycles. The third-order valence-electron chi connectivity index (χ3n) is 3.92. The van der Waals surface area contributed by atoms with Gasteiger partial charge in [-0.1, -0.05) is 30.3 Å². The fourth-order valence-corrected chi connectivity index (χ4v) is 2.55. The molecule has 0 saturated heterocycles. The number of nitrogens with one attached hydrogen (secondary N) is 1. The molecule has 3 N–H and O–H groups in total. The van der Waals surface area contributed by atoms with E-state index in [-0.39, 0.29) is 18.8 Å². The van der Waals surface area contributed by atoms with Crippen molar-refractivity contribution in [3.63, 3.8) is 0 Å². The van der Waals surface area contributed by atoms with Crippen LogP contribution in [0.15, 0.2) is 65.6 Å². The molecule has 0 radical (unpaired) electrons. The first-order valence-electron chi connectivity index (χ1n) is 8.45. The zero-order valence-electron chi connectivity index (χ0n) is 14.9. The molecule has 0 bridgehead atoms. The molecule has 2 aromatic carbocycles. The minimum atomic E-state index is -0.791. The summed E-state index contributed by atoms with van der Waals surface area (Å²) in [6.07, 6.45) is 1.03. The van der Waals surface area contributed by atoms with Crippen LogP contribution < -0.4 is 16.6 Å². The Labute approximate surface area is 160 Å². The van der Waals surface area contributed by atoms with Crippen LogP contribution in [0.2, 0.25) is 0 Å². The Morgan fingerprint density at radius 1 is 1.14 bits per heavy atom. The van der Waals surface area contributed by atoms with Gasteiger partial charge in [0, 0.05) is 11.3 Å². The van der Waals surface area contributed by atoms with E-state index in [2.05, 4.69) is 10.3 Å². The third kappa shape index (κ3) is 4.42. The number of aldehydes is 1. The standard InChI is InChI=1S/C20H18N4O4/c21-16-8-6-15(7-9-16)18-22-12-17(19(26)24(18)10-11-25)23-20(27)28-13-14-4-2-1-3-5-14/h1-9,11-12H,10,13,21H2,(H,23,27). The lowest BCUT2D eigenvalue weighted by atomic mass is 10.2. The highest BCUT2D eigenvalue weighted by Gasteiger charge is 2.14. The van der Waals surface area contributed by atoms with Gasteiger partial charge in [-0.3, -0.25) is 14.7 Å². The summed E-state index contributed by atoms with van der Waals surface area (Å²) >= 11 is 0. The average Bonchev–Trinajstić information content (AvgIpc) is 2.71. The van der Waals surface area contributed by atoms with Gasteiger partial charge in [0.1, 0.15) is 24.4 Å². The fraction of sp³-hybridized carbons (Fsp3) is 0.100. The van der Waals surface area contributed by atoms with Crippen molar-refractivity contribution in [2.45, 2.75) is 13.2 Å². The van der Waals surface area contributed by atoms with Gasteiger partial charge in [-0.15, -0.1) is 0 Å². The maximum Gasteiger partial charge on any atom is 0.412 e. The number of benzene rings is 2. The fourth-order valence-electron chi connectivity index (χ4n) is 2.55. The predicted molar refractivity (Wildman–Crippen MR) is 105 cm³/mol. The number of ether oxygens (including phenoxy) is 1. The molecular formula is C20H18N4O4. The van der Waals surface area contributed by atoms with Gasteiger partial charge in [-0.25, -0.2) is 9.78 Å². The number of nitrogens with zero attached hydrogens (tertiary/aromatic N) is 2. The molecule has 1 amide bonds. The van der Waals surface area contributed by atoms with E-state index in [0.717, 1.165) is 5.56 Å². The number of anilines is 2. The molecule has 8 nitrogen and oxygen atoms in total. The van der Waals surface area contributed by atoms with Gasteiger partial charge in [-0.2, -0.15) is 0 Å². The maximum atomic E-state index is 12.7. The van der Waals surface area contributed by atoms with Gasteiger partial charge in [-0.05, 0) is 29.8 Å². The Bertz CT molecular complexity index is 1030. The third-order valence-corrected chi connectivity index (χ3v) is 3.92. The molecule has 0 atom stereocenters. The van der Waals surface area contributed by atoms with E-state index in [4.69, 9.17) is 10.5 Å². The van der Waals surface area contributed by atoms with Gasteiger partial charge < -0.3 is 15.3 Å². The van der Waals surface area contributed by atoms with E-state index in [1.54, 1.807) is 24.3 Å². The smallest absolute Gasteiger partial charge is 0.412 e. The summed E-state index contributed by atoms with van der Waals surface area (Å²) in [5, 5.41) is 2.37. The molecule has 28 heavy (non-hydrogen) atoms. The van der Waals surface area contributed by atoms with Crippen LogP contribution in [0.1, 0.15) is 5.56 Å². The van der Waals surface area contributed by atoms with Crippen molar-refractivity contribution in [2.75, 3.05) is 11.1 Å². The quantitative estimate of drug-likeness (QED) is 0.503. The number of aromatic nitrogens is 2. The summed E-state index contributed by atoms with van der Waals surface area (Å²) in [6.45, 7) is -0.147. The zero-order chi connectivity index (χ0) is 19.9. The van der Waals surface area contributed by atoms with Crippen molar-refractivity contribution in [1.82, 2.24) is 9.55 Å². The minimum Gasteiger partial charge on any atom is -0.444 e. The molecule has 0 spiro atoms. The summed E-state index contributed by atoms with van der Waals surface area (Å²) in [5.41, 5.74) is 7.02. The molecule has 3 aromatic rings. The molecular weight excluding hydrogens is 360 g/mol. The Morgan fingerprint density at radius 2 is 1.86 bits per heavy atom. The van der Waals surface area contributed by atoms with Crippen LogP contribution in [0.4, 0.5) is 16.2 Å². The van der Waals surface area contributed by atoms with E-state index in [0.29, 0.717) is 23.4 Å². The van der Waals surface area contributed by atoms with Gasteiger partial charge in [0.05, 0.1) is 12.7 Å². The van der Waals surface area contributed by atoms with Gasteiger partial charge in [0.2, 0.25) is 0 Å². The van der Waals surface area contributed by atoms with Crippen molar-refractivity contribution >= 4 is 23.8 Å². The maximum absolute atomic E-state index is 12.7. The van der Waals surface area contributed by atoms with Crippen LogP contribution in [-0.4, -0.2) is 21.9 Å². The second-order valence-electron chi connectivity index (χ2n) is 5.89. The van der Waals surface area contributed by atoms with E-state index < -0.39 is 11.7 Å². The second-order valence-corrected chi connectivity index (χ2v) is 5.89. The first-order valence-corrected chi connectivity index (χ1v) is 8.45. The lowest BCUT2D eigenvalue weighted by Crippen LogP contribution is -2.28. The average molecular weight is 378 g/mol. The number of hydrogen-bond donors (Lipinski definition) is 2. The highest BCUT2D eigenvalue weighted by molar-refractivity contribution is 5.84. The van der Waals surface area contributed by atoms with Gasteiger partial charge in [0.15, 0.2) is 0 Å². The largest absolute Gasteiger partial charge is 0.444 e. The SMILES string of the molecule is Nc1ccc(-c2ncc(NC(=O)OCc3ccccc3)c(=O)n2CC=O)cc1. The Kier molecular flexibility index (Phi) is 5.81. The lowest BCUT2D eigenvalue weighted by Gasteiger charge is -2.12. The molecule has 3 rings (SSSR count). The topological polar surface area (TPSA) is 116 Å². The lowest BCUT2D eigenvalue weighted by molar-refractivity contribution is -0.108. The van der Waals surface area contributed by atoms with E-state index >= 15 is 0 Å². The number of nitrogens with two attached hydrogens (primary N) is 1. The van der Waals surface area contributed by atoms with Gasteiger partial charge in [0.25, 0.3) is 5.56 Å². The van der Waals surface area contributed by atoms with Crippen LogP contribution in [0.25, 0.3) is 11.4 Å². The van der Waals surface area contributed by atoms with Crippen LogP contribution in [-0.2, 0) is 22.7 Å². The predicted octanol–water partition coefficient (Wildman–Crippen LogP) is 2.44. The van der Waals surface area contributed by atoms with Crippen molar-refractivity contribution in [3.8, 4) is 11.4 Å². The summed E-state index contributed by atoms with van der Waals surface area (Å²) in [5.74, 6) is 0.292. The molecule has 142 valence electrons. The molecule has 1 heterocycles. The molecule has 0 aliphatic carbocycles. The summed E-state index contributed by atoms with van der Waals surface area (Å²) in [7, 11) is 0. The highest BCUT2D eigenvalue weighted by Crippen LogP contribution is 2.18. The molecule has 0 aliphatic rings.